The predicted octanol–water partition coefficient (Wildman–Crippen LogP) is 7.84. The molecule has 2 aliphatic heterocycles. The van der Waals surface area contributed by atoms with Gasteiger partial charge in [0.15, 0.2) is 11.3 Å². The van der Waals surface area contributed by atoms with Gasteiger partial charge >= 0.3 is 0 Å². The van der Waals surface area contributed by atoms with E-state index in [2.05, 4.69) is 73.5 Å². The second-order valence-corrected chi connectivity index (χ2v) is 14.6. The highest BCUT2D eigenvalue weighted by atomic mass is 16.7. The number of aromatic nitrogens is 3. The Hall–Kier alpha value is -4.74. The molecule has 9 rings (SSSR count). The molecule has 10 heteroatoms. The molecule has 0 spiro atoms. The quantitative estimate of drug-likeness (QED) is 0.170. The molecule has 2 fully saturated rings. The van der Waals surface area contributed by atoms with Crippen molar-refractivity contribution in [2.45, 2.75) is 76.7 Å². The molecular formula is C42H45N5O5. The molecule has 2 unspecified atom stereocenters. The van der Waals surface area contributed by atoms with Gasteiger partial charge in [-0.2, -0.15) is 5.10 Å². The molecule has 2 aromatic heterocycles. The summed E-state index contributed by atoms with van der Waals surface area (Å²) in [5, 5.41) is 18.3. The Morgan fingerprint density at radius 1 is 0.962 bits per heavy atom. The fraction of sp³-hybridized carbons (Fsp3) is 0.381. The molecule has 1 saturated carbocycles. The van der Waals surface area contributed by atoms with Gasteiger partial charge in [-0.1, -0.05) is 49.6 Å². The van der Waals surface area contributed by atoms with Crippen LogP contribution in [0, 0.1) is 6.92 Å². The molecule has 52 heavy (non-hydrogen) atoms. The lowest BCUT2D eigenvalue weighted by atomic mass is 9.94. The number of aliphatic hydroxyl groups is 1. The first-order valence-electron chi connectivity index (χ1n) is 18.5. The van der Waals surface area contributed by atoms with Crippen molar-refractivity contribution in [3.05, 3.63) is 89.6 Å². The van der Waals surface area contributed by atoms with E-state index in [0.717, 1.165) is 67.8 Å². The smallest absolute Gasteiger partial charge is 0.227 e. The lowest BCUT2D eigenvalue weighted by molar-refractivity contribution is -0.156. The number of ether oxygens (including phenoxy) is 2. The van der Waals surface area contributed by atoms with Crippen LogP contribution in [0.5, 0.6) is 11.5 Å². The average molecular weight is 700 g/mol. The van der Waals surface area contributed by atoms with E-state index in [1.165, 1.54) is 37.7 Å². The van der Waals surface area contributed by atoms with Gasteiger partial charge in [-0.3, -0.25) is 4.90 Å². The molecule has 268 valence electrons. The molecule has 4 aromatic carbocycles. The second kappa shape index (κ2) is 13.7. The van der Waals surface area contributed by atoms with Crippen LogP contribution in [-0.4, -0.2) is 75.4 Å². The number of methoxy groups -OCH3 is 1. The number of fused-ring (bicyclic) bond motifs is 3. The minimum Gasteiger partial charge on any atom is -0.496 e. The monoisotopic (exact) mass is 699 g/mol. The third kappa shape index (κ3) is 5.93. The first kappa shape index (κ1) is 33.1. The van der Waals surface area contributed by atoms with Gasteiger partial charge in [0.2, 0.25) is 5.89 Å². The first-order chi connectivity index (χ1) is 25.4. The van der Waals surface area contributed by atoms with E-state index < -0.39 is 6.10 Å². The van der Waals surface area contributed by atoms with Gasteiger partial charge in [0, 0.05) is 42.3 Å². The van der Waals surface area contributed by atoms with Crippen molar-refractivity contribution in [1.29, 1.82) is 0 Å². The highest BCUT2D eigenvalue weighted by Gasteiger charge is 2.37. The maximum absolute atomic E-state index is 10.6. The SMILES string of the molecule is COc1cc(-n2ncc3c(-c4cccc(-c5nc6cc(CN(C)C7CCCCC7)ccc6o5)c4C)cccc32)cc2c1CN(C1CCOCC1O)O2. The van der Waals surface area contributed by atoms with Crippen LogP contribution >= 0.6 is 0 Å². The maximum atomic E-state index is 10.6. The summed E-state index contributed by atoms with van der Waals surface area (Å²) in [6.07, 6.45) is 8.62. The summed E-state index contributed by atoms with van der Waals surface area (Å²) in [5.74, 6) is 2.06. The fourth-order valence-electron chi connectivity index (χ4n) is 8.47. The topological polar surface area (TPSA) is 98.3 Å². The molecule has 10 nitrogen and oxygen atoms in total. The second-order valence-electron chi connectivity index (χ2n) is 14.6. The molecular weight excluding hydrogens is 654 g/mol. The minimum absolute atomic E-state index is 0.147. The summed E-state index contributed by atoms with van der Waals surface area (Å²) >= 11 is 0. The third-order valence-corrected chi connectivity index (χ3v) is 11.4. The summed E-state index contributed by atoms with van der Waals surface area (Å²) in [7, 11) is 3.92. The number of benzene rings is 4. The maximum Gasteiger partial charge on any atom is 0.227 e. The van der Waals surface area contributed by atoms with Crippen molar-refractivity contribution >= 4 is 22.0 Å². The fourth-order valence-corrected chi connectivity index (χ4v) is 8.47. The molecule has 0 amide bonds. The Balaban J connectivity index is 1.01. The van der Waals surface area contributed by atoms with Crippen molar-refractivity contribution in [1.82, 2.24) is 24.7 Å². The lowest BCUT2D eigenvalue weighted by Gasteiger charge is -2.33. The van der Waals surface area contributed by atoms with E-state index in [1.807, 2.05) is 28.1 Å². The van der Waals surface area contributed by atoms with E-state index in [0.29, 0.717) is 43.9 Å². The van der Waals surface area contributed by atoms with Crippen LogP contribution in [0.3, 0.4) is 0 Å². The van der Waals surface area contributed by atoms with E-state index in [4.69, 9.17) is 28.8 Å². The predicted molar refractivity (Wildman–Crippen MR) is 201 cm³/mol. The van der Waals surface area contributed by atoms with Crippen LogP contribution in [-0.2, 0) is 17.8 Å². The lowest BCUT2D eigenvalue weighted by Crippen LogP contribution is -2.48. The highest BCUT2D eigenvalue weighted by molar-refractivity contribution is 5.97. The number of aliphatic hydroxyl groups excluding tert-OH is 1. The summed E-state index contributed by atoms with van der Waals surface area (Å²) in [6, 6.07) is 23.6. The van der Waals surface area contributed by atoms with Gasteiger partial charge in [0.1, 0.15) is 11.3 Å². The van der Waals surface area contributed by atoms with Crippen molar-refractivity contribution in [2.75, 3.05) is 27.4 Å². The number of rotatable bonds is 8. The number of hydroxylamine groups is 2. The van der Waals surface area contributed by atoms with Crippen LogP contribution in [0.4, 0.5) is 0 Å². The number of oxazole rings is 1. The van der Waals surface area contributed by atoms with Crippen LogP contribution in [0.1, 0.15) is 55.2 Å². The molecule has 1 N–H and O–H groups in total. The van der Waals surface area contributed by atoms with Crippen LogP contribution < -0.4 is 9.57 Å². The number of nitrogens with zero attached hydrogens (tertiary/aromatic N) is 5. The van der Waals surface area contributed by atoms with Gasteiger partial charge in [0.05, 0.1) is 55.4 Å². The molecule has 2 atom stereocenters. The third-order valence-electron chi connectivity index (χ3n) is 11.4. The van der Waals surface area contributed by atoms with Crippen LogP contribution in [0.15, 0.2) is 77.3 Å². The minimum atomic E-state index is -0.609. The van der Waals surface area contributed by atoms with Crippen molar-refractivity contribution in [3.63, 3.8) is 0 Å². The zero-order valence-electron chi connectivity index (χ0n) is 30.0. The van der Waals surface area contributed by atoms with Crippen molar-refractivity contribution in [2.24, 2.45) is 0 Å². The molecule has 3 aliphatic rings. The van der Waals surface area contributed by atoms with E-state index in [9.17, 15) is 5.11 Å². The molecule has 1 saturated heterocycles. The zero-order valence-corrected chi connectivity index (χ0v) is 30.0. The molecule has 1 aliphatic carbocycles. The highest BCUT2D eigenvalue weighted by Crippen LogP contribution is 2.41. The normalized spacial score (nSPS) is 19.8. The Morgan fingerprint density at radius 2 is 1.79 bits per heavy atom. The van der Waals surface area contributed by atoms with Gasteiger partial charge in [0.25, 0.3) is 0 Å². The molecule has 0 bridgehead atoms. The number of hydrogen-bond donors (Lipinski definition) is 1. The van der Waals surface area contributed by atoms with Gasteiger partial charge in [-0.15, -0.1) is 5.06 Å². The van der Waals surface area contributed by atoms with Crippen LogP contribution in [0.2, 0.25) is 0 Å². The summed E-state index contributed by atoms with van der Waals surface area (Å²) in [4.78, 5) is 13.8. The zero-order chi connectivity index (χ0) is 35.3. The van der Waals surface area contributed by atoms with E-state index in [1.54, 1.807) is 7.11 Å². The van der Waals surface area contributed by atoms with Gasteiger partial charge < -0.3 is 23.8 Å². The number of hydrogen-bond acceptors (Lipinski definition) is 9. The summed E-state index contributed by atoms with van der Waals surface area (Å²) in [5.41, 5.74) is 9.94. The Kier molecular flexibility index (Phi) is 8.71. The van der Waals surface area contributed by atoms with Crippen molar-refractivity contribution in [3.8, 4) is 39.8 Å². The standard InChI is InChI=1S/C42H45N5O5/c1-26-30(11-7-12-31(26)42-44-35-19-27(15-16-39(35)51-42)23-45(2)28-9-5-4-6-10-28)32-13-8-14-36-33(32)22-43-47(36)29-20-40(49-3)34-24-46(52-41(34)21-29)37-17-18-50-25-38(37)48/h7-8,11-16,19-22,28,37-38,48H,4-6,9-10,17-18,23-25H2,1-3H3. The summed E-state index contributed by atoms with van der Waals surface area (Å²) < 4.78 is 19.6. The van der Waals surface area contributed by atoms with E-state index in [-0.39, 0.29) is 6.04 Å². The Labute approximate surface area is 303 Å². The molecule has 0 radical (unpaired) electrons. The van der Waals surface area contributed by atoms with Gasteiger partial charge in [-0.05, 0) is 79.8 Å². The van der Waals surface area contributed by atoms with E-state index >= 15 is 0 Å². The summed E-state index contributed by atoms with van der Waals surface area (Å²) in [6.45, 7) is 4.48. The van der Waals surface area contributed by atoms with Crippen molar-refractivity contribution < 1.29 is 23.8 Å². The Bertz CT molecular complexity index is 2260. The largest absolute Gasteiger partial charge is 0.496 e. The molecule has 4 heterocycles. The molecule has 6 aromatic rings. The Morgan fingerprint density at radius 3 is 2.63 bits per heavy atom. The average Bonchev–Trinajstić information content (AvgIpc) is 3.92. The van der Waals surface area contributed by atoms with Gasteiger partial charge in [-0.25, -0.2) is 9.67 Å². The first-order valence-corrected chi connectivity index (χ1v) is 18.5. The van der Waals surface area contributed by atoms with Crippen LogP contribution in [0.25, 0.3) is 50.3 Å².